The number of hydrogen-bond acceptors (Lipinski definition) is 3. The molecule has 0 bridgehead atoms. The zero-order valence-electron chi connectivity index (χ0n) is 16.2. The molecule has 1 aromatic heterocycles. The van der Waals surface area contributed by atoms with Crippen LogP contribution in [0.1, 0.15) is 30.2 Å². The lowest BCUT2D eigenvalue weighted by atomic mass is 10.0. The normalized spacial score (nSPS) is 12.0. The van der Waals surface area contributed by atoms with Crippen LogP contribution in [0.25, 0.3) is 10.6 Å². The number of rotatable bonds is 7. The van der Waals surface area contributed by atoms with Crippen molar-refractivity contribution in [3.8, 4) is 10.6 Å². The van der Waals surface area contributed by atoms with Crippen LogP contribution in [-0.2, 0) is 17.6 Å². The molecule has 0 radical (unpaired) electrons. The number of aryl methyl sites for hydroxylation is 1. The SMILES string of the molecule is CCC(Cc1ccccc1)N(C)C(=O)Cc1csc(-c2ccc(C)cc2)n1. The Morgan fingerprint density at radius 2 is 1.81 bits per heavy atom. The van der Waals surface area contributed by atoms with Gasteiger partial charge in [-0.2, -0.15) is 0 Å². The van der Waals surface area contributed by atoms with Crippen LogP contribution in [0.5, 0.6) is 0 Å². The third kappa shape index (κ3) is 5.04. The monoisotopic (exact) mass is 378 g/mol. The van der Waals surface area contributed by atoms with E-state index in [9.17, 15) is 4.79 Å². The van der Waals surface area contributed by atoms with Crippen molar-refractivity contribution < 1.29 is 4.79 Å². The fraction of sp³-hybridized carbons (Fsp3) is 0.304. The molecule has 1 heterocycles. The zero-order valence-corrected chi connectivity index (χ0v) is 17.0. The molecule has 2 aromatic carbocycles. The first-order chi connectivity index (χ1) is 13.1. The fourth-order valence-electron chi connectivity index (χ4n) is 3.14. The van der Waals surface area contributed by atoms with E-state index in [0.29, 0.717) is 6.42 Å². The Morgan fingerprint density at radius 3 is 2.48 bits per heavy atom. The van der Waals surface area contributed by atoms with Crippen LogP contribution >= 0.6 is 11.3 Å². The third-order valence-corrected chi connectivity index (χ3v) is 5.85. The Morgan fingerprint density at radius 1 is 1.11 bits per heavy atom. The molecule has 0 fully saturated rings. The van der Waals surface area contributed by atoms with Gasteiger partial charge in [0.2, 0.25) is 5.91 Å². The average Bonchev–Trinajstić information content (AvgIpc) is 3.15. The Balaban J connectivity index is 1.64. The Hall–Kier alpha value is -2.46. The maximum absolute atomic E-state index is 12.8. The van der Waals surface area contributed by atoms with E-state index in [4.69, 9.17) is 0 Å². The average molecular weight is 379 g/mol. The predicted molar refractivity (Wildman–Crippen MR) is 113 cm³/mol. The van der Waals surface area contributed by atoms with Gasteiger partial charge in [0.25, 0.3) is 0 Å². The van der Waals surface area contributed by atoms with Gasteiger partial charge in [-0.3, -0.25) is 4.79 Å². The van der Waals surface area contributed by atoms with Gasteiger partial charge in [0.05, 0.1) is 12.1 Å². The molecular formula is C23H26N2OS. The van der Waals surface area contributed by atoms with Gasteiger partial charge in [0, 0.05) is 24.0 Å². The number of amides is 1. The first-order valence-electron chi connectivity index (χ1n) is 9.38. The summed E-state index contributed by atoms with van der Waals surface area (Å²) < 4.78 is 0. The number of nitrogens with zero attached hydrogens (tertiary/aromatic N) is 2. The largest absolute Gasteiger partial charge is 0.342 e. The fourth-order valence-corrected chi connectivity index (χ4v) is 3.97. The van der Waals surface area contributed by atoms with Gasteiger partial charge in [-0.05, 0) is 25.3 Å². The molecule has 3 aromatic rings. The van der Waals surface area contributed by atoms with Gasteiger partial charge in [0.15, 0.2) is 0 Å². The first-order valence-corrected chi connectivity index (χ1v) is 10.3. The van der Waals surface area contributed by atoms with Crippen LogP contribution in [0, 0.1) is 6.92 Å². The lowest BCUT2D eigenvalue weighted by Gasteiger charge is -2.27. The van der Waals surface area contributed by atoms with Crippen molar-refractivity contribution in [1.82, 2.24) is 9.88 Å². The van der Waals surface area contributed by atoms with Gasteiger partial charge in [-0.15, -0.1) is 11.3 Å². The summed E-state index contributed by atoms with van der Waals surface area (Å²) in [7, 11) is 1.91. The smallest absolute Gasteiger partial charge is 0.228 e. The van der Waals surface area contributed by atoms with Gasteiger partial charge in [0.1, 0.15) is 5.01 Å². The molecule has 0 spiro atoms. The Bertz CT molecular complexity index is 871. The Kier molecular flexibility index (Phi) is 6.40. The molecule has 0 saturated carbocycles. The third-order valence-electron chi connectivity index (χ3n) is 4.91. The minimum atomic E-state index is 0.124. The van der Waals surface area contributed by atoms with Gasteiger partial charge >= 0.3 is 0 Å². The van der Waals surface area contributed by atoms with Crippen LogP contribution < -0.4 is 0 Å². The highest BCUT2D eigenvalue weighted by molar-refractivity contribution is 7.13. The highest BCUT2D eigenvalue weighted by Gasteiger charge is 2.20. The quantitative estimate of drug-likeness (QED) is 0.570. The number of hydrogen-bond donors (Lipinski definition) is 0. The number of thiazole rings is 1. The molecule has 1 atom stereocenters. The summed E-state index contributed by atoms with van der Waals surface area (Å²) in [6.45, 7) is 4.21. The Labute approximate surface area is 165 Å². The second-order valence-electron chi connectivity index (χ2n) is 6.94. The molecule has 0 aliphatic carbocycles. The molecule has 3 rings (SSSR count). The van der Waals surface area contributed by atoms with Gasteiger partial charge in [-0.1, -0.05) is 67.1 Å². The van der Waals surface area contributed by atoms with E-state index in [0.717, 1.165) is 29.1 Å². The summed E-state index contributed by atoms with van der Waals surface area (Å²) in [4.78, 5) is 19.3. The topological polar surface area (TPSA) is 33.2 Å². The van der Waals surface area contributed by atoms with Crippen molar-refractivity contribution in [1.29, 1.82) is 0 Å². The van der Waals surface area contributed by atoms with E-state index in [2.05, 4.69) is 55.2 Å². The molecule has 1 unspecified atom stereocenters. The molecule has 0 N–H and O–H groups in total. The molecule has 0 saturated heterocycles. The maximum atomic E-state index is 12.8. The highest BCUT2D eigenvalue weighted by Crippen LogP contribution is 2.24. The lowest BCUT2D eigenvalue weighted by Crippen LogP contribution is -2.39. The second kappa shape index (κ2) is 8.96. The van der Waals surface area contributed by atoms with Crippen molar-refractivity contribution in [2.24, 2.45) is 0 Å². The van der Waals surface area contributed by atoms with E-state index in [1.165, 1.54) is 11.1 Å². The number of aromatic nitrogens is 1. The molecule has 27 heavy (non-hydrogen) atoms. The molecule has 140 valence electrons. The highest BCUT2D eigenvalue weighted by atomic mass is 32.1. The summed E-state index contributed by atoms with van der Waals surface area (Å²) >= 11 is 1.60. The lowest BCUT2D eigenvalue weighted by molar-refractivity contribution is -0.131. The molecule has 4 heteroatoms. The molecule has 0 aliphatic rings. The molecule has 3 nitrogen and oxygen atoms in total. The van der Waals surface area contributed by atoms with Crippen LogP contribution in [0.4, 0.5) is 0 Å². The minimum absolute atomic E-state index is 0.124. The molecule has 1 amide bonds. The van der Waals surface area contributed by atoms with Gasteiger partial charge in [-0.25, -0.2) is 4.98 Å². The standard InChI is InChI=1S/C23H26N2OS/c1-4-21(14-18-8-6-5-7-9-18)25(3)22(26)15-20-16-27-23(24-20)19-12-10-17(2)11-13-19/h5-13,16,21H,4,14-15H2,1-3H3. The van der Waals surface area contributed by atoms with Crippen LogP contribution in [0.15, 0.2) is 60.0 Å². The van der Waals surface area contributed by atoms with Crippen LogP contribution in [0.3, 0.4) is 0 Å². The van der Waals surface area contributed by atoms with Crippen LogP contribution in [0.2, 0.25) is 0 Å². The summed E-state index contributed by atoms with van der Waals surface area (Å²) in [6.07, 6.45) is 2.16. The molecular weight excluding hydrogens is 352 g/mol. The molecule has 0 aliphatic heterocycles. The number of carbonyl (C=O) groups is 1. The first kappa shape index (κ1) is 19.3. The number of benzene rings is 2. The minimum Gasteiger partial charge on any atom is -0.342 e. The number of carbonyl (C=O) groups excluding carboxylic acids is 1. The van der Waals surface area contributed by atoms with Crippen molar-refractivity contribution in [3.05, 3.63) is 76.8 Å². The van der Waals surface area contributed by atoms with Crippen molar-refractivity contribution in [2.75, 3.05) is 7.05 Å². The summed E-state index contributed by atoms with van der Waals surface area (Å²) in [5.41, 5.74) is 4.45. The summed E-state index contributed by atoms with van der Waals surface area (Å²) in [5, 5.41) is 2.97. The van der Waals surface area contributed by atoms with E-state index in [1.54, 1.807) is 11.3 Å². The summed E-state index contributed by atoms with van der Waals surface area (Å²) in [6, 6.07) is 18.9. The predicted octanol–water partition coefficient (Wildman–Crippen LogP) is 5.14. The number of likely N-dealkylation sites (N-methyl/N-ethyl adjacent to an activating group) is 1. The van der Waals surface area contributed by atoms with Gasteiger partial charge < -0.3 is 4.90 Å². The van der Waals surface area contributed by atoms with E-state index >= 15 is 0 Å². The second-order valence-corrected chi connectivity index (χ2v) is 7.80. The van der Waals surface area contributed by atoms with Crippen LogP contribution in [-0.4, -0.2) is 28.9 Å². The van der Waals surface area contributed by atoms with E-state index < -0.39 is 0 Å². The maximum Gasteiger partial charge on any atom is 0.228 e. The van der Waals surface area contributed by atoms with Crippen molar-refractivity contribution in [2.45, 2.75) is 39.2 Å². The van der Waals surface area contributed by atoms with Crippen molar-refractivity contribution in [3.63, 3.8) is 0 Å². The van der Waals surface area contributed by atoms with E-state index in [1.807, 2.05) is 35.5 Å². The van der Waals surface area contributed by atoms with Crippen molar-refractivity contribution >= 4 is 17.2 Å². The zero-order chi connectivity index (χ0) is 19.2. The van der Waals surface area contributed by atoms with E-state index in [-0.39, 0.29) is 11.9 Å². The summed E-state index contributed by atoms with van der Waals surface area (Å²) in [5.74, 6) is 0.124.